The van der Waals surface area contributed by atoms with Crippen molar-refractivity contribution in [3.63, 3.8) is 0 Å². The summed E-state index contributed by atoms with van der Waals surface area (Å²) in [6.07, 6.45) is 2.37. The van der Waals surface area contributed by atoms with Crippen molar-refractivity contribution in [2.24, 2.45) is 5.41 Å². The van der Waals surface area contributed by atoms with Gasteiger partial charge in [-0.3, -0.25) is 9.69 Å². The molecule has 7 heteroatoms. The highest BCUT2D eigenvalue weighted by Crippen LogP contribution is 2.41. The molecule has 3 rings (SSSR count). The van der Waals surface area contributed by atoms with Crippen molar-refractivity contribution in [2.45, 2.75) is 31.8 Å². The van der Waals surface area contributed by atoms with E-state index in [1.807, 2.05) is 4.90 Å². The average molecular weight is 366 g/mol. The number of nitrogens with zero attached hydrogens (tertiary/aromatic N) is 2. The number of hydrogen-bond acceptors (Lipinski definition) is 5. The lowest BCUT2D eigenvalue weighted by atomic mass is 9.78. The number of amides is 1. The maximum Gasteiger partial charge on any atom is 0.230 e. The van der Waals surface area contributed by atoms with Crippen LogP contribution in [0.3, 0.4) is 0 Å². The number of aliphatic hydroxyl groups excluding tert-OH is 2. The summed E-state index contributed by atoms with van der Waals surface area (Å²) < 4.78 is 19.3. The molecule has 0 bridgehead atoms. The number of aliphatic hydroxyl groups is 2. The van der Waals surface area contributed by atoms with Crippen LogP contribution in [0, 0.1) is 11.2 Å². The molecule has 2 heterocycles. The molecule has 6 nitrogen and oxygen atoms in total. The highest BCUT2D eigenvalue weighted by atomic mass is 19.1. The Morgan fingerprint density at radius 1 is 1.27 bits per heavy atom. The number of hydrogen-bond donors (Lipinski definition) is 2. The fraction of sp³-hybridized carbons (Fsp3) is 0.632. The predicted molar refractivity (Wildman–Crippen MR) is 94.2 cm³/mol. The minimum absolute atomic E-state index is 0.0445. The summed E-state index contributed by atoms with van der Waals surface area (Å²) in [5.41, 5.74) is -0.0379. The van der Waals surface area contributed by atoms with Crippen molar-refractivity contribution in [2.75, 3.05) is 40.0 Å². The zero-order chi connectivity index (χ0) is 18.7. The predicted octanol–water partition coefficient (Wildman–Crippen LogP) is 1.00. The second-order valence-electron chi connectivity index (χ2n) is 7.31. The third-order valence-electron chi connectivity index (χ3n) is 5.76. The number of halogens is 1. The zero-order valence-corrected chi connectivity index (χ0v) is 15.2. The Labute approximate surface area is 153 Å². The van der Waals surface area contributed by atoms with E-state index in [1.165, 1.54) is 13.2 Å². The number of likely N-dealkylation sites (tertiary alicyclic amines) is 2. The van der Waals surface area contributed by atoms with Crippen molar-refractivity contribution in [3.05, 3.63) is 29.6 Å². The van der Waals surface area contributed by atoms with Gasteiger partial charge in [0.05, 0.1) is 31.8 Å². The SMILES string of the molecule is COc1ccc(F)c(CN2CCCC3(CCN(C(CO)CO)C3)C2=O)c1. The Bertz CT molecular complexity index is 652. The van der Waals surface area contributed by atoms with Gasteiger partial charge < -0.3 is 19.8 Å². The van der Waals surface area contributed by atoms with Gasteiger partial charge in [0.15, 0.2) is 0 Å². The second kappa shape index (κ2) is 7.90. The van der Waals surface area contributed by atoms with Gasteiger partial charge in [-0.2, -0.15) is 0 Å². The molecule has 0 aromatic heterocycles. The molecule has 144 valence electrons. The molecule has 1 atom stereocenters. The normalized spacial score (nSPS) is 24.0. The van der Waals surface area contributed by atoms with E-state index in [0.29, 0.717) is 37.4 Å². The molecule has 1 unspecified atom stereocenters. The van der Waals surface area contributed by atoms with E-state index in [9.17, 15) is 19.4 Å². The minimum Gasteiger partial charge on any atom is -0.497 e. The van der Waals surface area contributed by atoms with Crippen LogP contribution in [-0.2, 0) is 11.3 Å². The van der Waals surface area contributed by atoms with Gasteiger partial charge in [0.2, 0.25) is 5.91 Å². The molecule has 1 spiro atoms. The molecule has 0 saturated carbocycles. The van der Waals surface area contributed by atoms with Crippen molar-refractivity contribution < 1.29 is 24.1 Å². The lowest BCUT2D eigenvalue weighted by Crippen LogP contribution is -2.50. The van der Waals surface area contributed by atoms with Crippen LogP contribution in [-0.4, -0.2) is 71.9 Å². The molecule has 1 aromatic carbocycles. The standard InChI is InChI=1S/C19H27FN2O4/c1-26-16-3-4-17(20)14(9-16)10-21-7-2-5-19(18(21)25)6-8-22(13-19)15(11-23)12-24/h3-4,9,15,23-24H,2,5-8,10-13H2,1H3. The Kier molecular flexibility index (Phi) is 5.79. The number of piperidine rings is 1. The maximum absolute atomic E-state index is 14.2. The summed E-state index contributed by atoms with van der Waals surface area (Å²) in [6, 6.07) is 4.24. The smallest absolute Gasteiger partial charge is 0.230 e. The van der Waals surface area contributed by atoms with Crippen LogP contribution in [0.25, 0.3) is 0 Å². The van der Waals surface area contributed by atoms with E-state index in [0.717, 1.165) is 12.8 Å². The zero-order valence-electron chi connectivity index (χ0n) is 15.2. The molecule has 2 saturated heterocycles. The van der Waals surface area contributed by atoms with Crippen LogP contribution in [0.15, 0.2) is 18.2 Å². The highest BCUT2D eigenvalue weighted by molar-refractivity contribution is 5.84. The molecule has 2 aliphatic rings. The Balaban J connectivity index is 1.74. The van der Waals surface area contributed by atoms with Crippen molar-refractivity contribution in [3.8, 4) is 5.75 Å². The first-order valence-electron chi connectivity index (χ1n) is 9.10. The molecular formula is C19H27FN2O4. The highest BCUT2D eigenvalue weighted by Gasteiger charge is 2.49. The van der Waals surface area contributed by atoms with E-state index < -0.39 is 5.41 Å². The Morgan fingerprint density at radius 3 is 2.73 bits per heavy atom. The molecule has 1 aromatic rings. The van der Waals surface area contributed by atoms with Crippen LogP contribution < -0.4 is 4.74 Å². The molecule has 0 radical (unpaired) electrons. The minimum atomic E-state index is -0.490. The first kappa shape index (κ1) is 19.1. The van der Waals surface area contributed by atoms with Gasteiger partial charge in [0.25, 0.3) is 0 Å². The summed E-state index contributed by atoms with van der Waals surface area (Å²) in [6.45, 7) is 1.81. The third-order valence-corrected chi connectivity index (χ3v) is 5.76. The topological polar surface area (TPSA) is 73.2 Å². The van der Waals surface area contributed by atoms with Crippen LogP contribution in [0.2, 0.25) is 0 Å². The lowest BCUT2D eigenvalue weighted by molar-refractivity contribution is -0.146. The molecule has 0 aliphatic carbocycles. The molecule has 26 heavy (non-hydrogen) atoms. The summed E-state index contributed by atoms with van der Waals surface area (Å²) >= 11 is 0. The second-order valence-corrected chi connectivity index (χ2v) is 7.31. The Morgan fingerprint density at radius 2 is 2.04 bits per heavy atom. The molecule has 2 aliphatic heterocycles. The molecule has 2 fully saturated rings. The van der Waals surface area contributed by atoms with Gasteiger partial charge in [-0.15, -0.1) is 0 Å². The molecule has 1 amide bonds. The fourth-order valence-electron chi connectivity index (χ4n) is 4.19. The first-order chi connectivity index (χ1) is 12.5. The quantitative estimate of drug-likeness (QED) is 0.786. The van der Waals surface area contributed by atoms with E-state index >= 15 is 0 Å². The number of benzene rings is 1. The van der Waals surface area contributed by atoms with E-state index in [4.69, 9.17) is 4.74 Å². The van der Waals surface area contributed by atoms with Crippen molar-refractivity contribution in [1.29, 1.82) is 0 Å². The average Bonchev–Trinajstić information content (AvgIpc) is 3.07. The largest absolute Gasteiger partial charge is 0.497 e. The van der Waals surface area contributed by atoms with Crippen molar-refractivity contribution >= 4 is 5.91 Å². The van der Waals surface area contributed by atoms with E-state index in [1.54, 1.807) is 17.0 Å². The van der Waals surface area contributed by atoms with E-state index in [-0.39, 0.29) is 37.5 Å². The first-order valence-corrected chi connectivity index (χ1v) is 9.10. The third kappa shape index (κ3) is 3.56. The van der Waals surface area contributed by atoms with Gasteiger partial charge in [-0.1, -0.05) is 0 Å². The van der Waals surface area contributed by atoms with Gasteiger partial charge in [0, 0.05) is 25.2 Å². The van der Waals surface area contributed by atoms with Gasteiger partial charge in [-0.05, 0) is 44.0 Å². The maximum atomic E-state index is 14.2. The van der Waals surface area contributed by atoms with Gasteiger partial charge >= 0.3 is 0 Å². The van der Waals surface area contributed by atoms with Crippen LogP contribution in [0.5, 0.6) is 5.75 Å². The van der Waals surface area contributed by atoms with Gasteiger partial charge in [-0.25, -0.2) is 4.39 Å². The summed E-state index contributed by atoms with van der Waals surface area (Å²) in [7, 11) is 1.53. The summed E-state index contributed by atoms with van der Waals surface area (Å²) in [5, 5.41) is 18.8. The van der Waals surface area contributed by atoms with Crippen LogP contribution in [0.1, 0.15) is 24.8 Å². The number of rotatable bonds is 6. The molecular weight excluding hydrogens is 339 g/mol. The van der Waals surface area contributed by atoms with Crippen LogP contribution in [0.4, 0.5) is 4.39 Å². The van der Waals surface area contributed by atoms with Crippen LogP contribution >= 0.6 is 0 Å². The fourth-order valence-corrected chi connectivity index (χ4v) is 4.19. The summed E-state index contributed by atoms with van der Waals surface area (Å²) in [5.74, 6) is 0.274. The molecule has 2 N–H and O–H groups in total. The Hall–Kier alpha value is -1.70. The lowest BCUT2D eigenvalue weighted by Gasteiger charge is -2.40. The van der Waals surface area contributed by atoms with Crippen molar-refractivity contribution in [1.82, 2.24) is 9.80 Å². The number of methoxy groups -OCH3 is 1. The monoisotopic (exact) mass is 366 g/mol. The number of ether oxygens (including phenoxy) is 1. The number of carbonyl (C=O) groups is 1. The number of carbonyl (C=O) groups excluding carboxylic acids is 1. The van der Waals surface area contributed by atoms with Gasteiger partial charge in [0.1, 0.15) is 11.6 Å². The summed E-state index contributed by atoms with van der Waals surface area (Å²) in [4.78, 5) is 16.9. The van der Waals surface area contributed by atoms with E-state index in [2.05, 4.69) is 0 Å².